The van der Waals surface area contributed by atoms with E-state index >= 15 is 0 Å². The first kappa shape index (κ1) is 17.3. The van der Waals surface area contributed by atoms with Gasteiger partial charge >= 0.3 is 0 Å². The number of nitrogens with zero attached hydrogens (tertiary/aromatic N) is 3. The summed E-state index contributed by atoms with van der Waals surface area (Å²) >= 11 is 0. The van der Waals surface area contributed by atoms with Crippen molar-refractivity contribution in [1.82, 2.24) is 9.55 Å². The SMILES string of the molecule is COc1ccc2c(c1)nc(C1=C(O)CN(c3cccc4ccccc34)C1=N)n2C. The largest absolute Gasteiger partial charge is 0.509 e. The maximum atomic E-state index is 10.8. The van der Waals surface area contributed by atoms with E-state index in [0.717, 1.165) is 33.2 Å². The van der Waals surface area contributed by atoms with E-state index in [1.807, 2.05) is 77.2 Å². The third-order valence-corrected chi connectivity index (χ3v) is 5.47. The van der Waals surface area contributed by atoms with Crippen LogP contribution >= 0.6 is 0 Å². The van der Waals surface area contributed by atoms with Crippen molar-refractivity contribution < 1.29 is 9.84 Å². The summed E-state index contributed by atoms with van der Waals surface area (Å²) in [6.45, 7) is 0.245. The van der Waals surface area contributed by atoms with Crippen molar-refractivity contribution in [3.63, 3.8) is 0 Å². The molecule has 4 aromatic rings. The van der Waals surface area contributed by atoms with Crippen LogP contribution in [0.4, 0.5) is 5.69 Å². The van der Waals surface area contributed by atoms with Crippen LogP contribution in [0.5, 0.6) is 5.75 Å². The summed E-state index contributed by atoms with van der Waals surface area (Å²) in [4.78, 5) is 6.52. The number of anilines is 1. The summed E-state index contributed by atoms with van der Waals surface area (Å²) in [5.74, 6) is 1.68. The molecule has 5 rings (SSSR count). The van der Waals surface area contributed by atoms with Crippen LogP contribution in [0.1, 0.15) is 5.82 Å². The molecule has 6 nitrogen and oxygen atoms in total. The van der Waals surface area contributed by atoms with Crippen LogP contribution < -0.4 is 9.64 Å². The number of hydrogen-bond acceptors (Lipinski definition) is 4. The molecule has 2 heterocycles. The molecule has 6 heteroatoms. The molecule has 0 bridgehead atoms. The van der Waals surface area contributed by atoms with Gasteiger partial charge in [0.1, 0.15) is 23.2 Å². The van der Waals surface area contributed by atoms with E-state index in [-0.39, 0.29) is 18.1 Å². The lowest BCUT2D eigenvalue weighted by Gasteiger charge is -2.20. The Morgan fingerprint density at radius 1 is 1.07 bits per heavy atom. The maximum Gasteiger partial charge on any atom is 0.148 e. The van der Waals surface area contributed by atoms with Crippen LogP contribution in [0.3, 0.4) is 0 Å². The Labute approximate surface area is 167 Å². The maximum absolute atomic E-state index is 10.8. The van der Waals surface area contributed by atoms with Gasteiger partial charge in [-0.1, -0.05) is 36.4 Å². The Hall–Kier alpha value is -3.80. The van der Waals surface area contributed by atoms with Gasteiger partial charge in [-0.05, 0) is 23.6 Å². The summed E-state index contributed by atoms with van der Waals surface area (Å²) in [5, 5.41) is 21.8. The lowest BCUT2D eigenvalue weighted by atomic mass is 10.1. The van der Waals surface area contributed by atoms with E-state index in [1.165, 1.54) is 0 Å². The number of amidine groups is 1. The van der Waals surface area contributed by atoms with Crippen molar-refractivity contribution in [3.8, 4) is 5.75 Å². The predicted molar refractivity (Wildman–Crippen MR) is 116 cm³/mol. The zero-order valence-electron chi connectivity index (χ0n) is 16.2. The van der Waals surface area contributed by atoms with E-state index in [9.17, 15) is 5.11 Å². The Balaban J connectivity index is 1.61. The number of rotatable bonds is 3. The van der Waals surface area contributed by atoms with Crippen molar-refractivity contribution >= 4 is 38.9 Å². The predicted octanol–water partition coefficient (Wildman–Crippen LogP) is 4.50. The summed E-state index contributed by atoms with van der Waals surface area (Å²) in [6, 6.07) is 19.7. The number of aryl methyl sites for hydroxylation is 1. The zero-order valence-corrected chi connectivity index (χ0v) is 16.2. The molecule has 0 radical (unpaired) electrons. The topological polar surface area (TPSA) is 74.4 Å². The molecule has 1 aromatic heterocycles. The van der Waals surface area contributed by atoms with Gasteiger partial charge in [0.25, 0.3) is 0 Å². The second kappa shape index (κ2) is 6.38. The molecule has 1 aliphatic heterocycles. The van der Waals surface area contributed by atoms with Crippen LogP contribution in [0.15, 0.2) is 66.4 Å². The van der Waals surface area contributed by atoms with Gasteiger partial charge in [-0.3, -0.25) is 5.41 Å². The van der Waals surface area contributed by atoms with Gasteiger partial charge in [-0.15, -0.1) is 0 Å². The average Bonchev–Trinajstić information content (AvgIpc) is 3.22. The number of aromatic nitrogens is 2. The fourth-order valence-electron chi connectivity index (χ4n) is 3.99. The number of methoxy groups -OCH3 is 1. The van der Waals surface area contributed by atoms with Gasteiger partial charge in [-0.2, -0.15) is 0 Å². The minimum Gasteiger partial charge on any atom is -0.509 e. The molecule has 29 heavy (non-hydrogen) atoms. The fourth-order valence-corrected chi connectivity index (χ4v) is 3.99. The molecule has 0 spiro atoms. The Kier molecular flexibility index (Phi) is 3.81. The first-order valence-electron chi connectivity index (χ1n) is 9.35. The van der Waals surface area contributed by atoms with E-state index in [1.54, 1.807) is 7.11 Å². The van der Waals surface area contributed by atoms with Crippen molar-refractivity contribution in [2.24, 2.45) is 7.05 Å². The molecular weight excluding hydrogens is 364 g/mol. The number of benzene rings is 3. The van der Waals surface area contributed by atoms with Crippen LogP contribution in [0, 0.1) is 5.41 Å². The van der Waals surface area contributed by atoms with E-state index in [4.69, 9.17) is 15.1 Å². The molecule has 0 saturated carbocycles. The highest BCUT2D eigenvalue weighted by molar-refractivity contribution is 6.31. The molecular formula is C23H20N4O2. The zero-order chi connectivity index (χ0) is 20.1. The van der Waals surface area contributed by atoms with E-state index in [0.29, 0.717) is 11.4 Å². The van der Waals surface area contributed by atoms with Gasteiger partial charge in [0.2, 0.25) is 0 Å². The molecule has 0 saturated heterocycles. The second-order valence-corrected chi connectivity index (χ2v) is 7.10. The number of aliphatic hydroxyl groups excluding tert-OH is 1. The lowest BCUT2D eigenvalue weighted by Crippen LogP contribution is -2.26. The Morgan fingerprint density at radius 3 is 2.69 bits per heavy atom. The standard InChI is InChI=1S/C23H20N4O2/c1-26-19-11-10-15(29-2)12-17(19)25-23(26)21-20(28)13-27(22(21)24)18-9-5-7-14-6-3-4-8-16(14)18/h3-12,24,28H,13H2,1-2H3. The van der Waals surface area contributed by atoms with Crippen LogP contribution in [0.25, 0.3) is 27.4 Å². The summed E-state index contributed by atoms with van der Waals surface area (Å²) < 4.78 is 7.20. The van der Waals surface area contributed by atoms with Gasteiger partial charge in [0.15, 0.2) is 0 Å². The molecule has 0 atom stereocenters. The van der Waals surface area contributed by atoms with Gasteiger partial charge in [-0.25, -0.2) is 4.98 Å². The Bertz CT molecular complexity index is 1310. The number of hydrogen-bond donors (Lipinski definition) is 2. The van der Waals surface area contributed by atoms with E-state index < -0.39 is 0 Å². The van der Waals surface area contributed by atoms with Gasteiger partial charge in [0.05, 0.1) is 35.9 Å². The van der Waals surface area contributed by atoms with Crippen LogP contribution in [-0.2, 0) is 7.05 Å². The normalized spacial score (nSPS) is 14.4. The molecule has 144 valence electrons. The minimum atomic E-state index is 0.147. The number of nitrogens with one attached hydrogen (secondary N) is 1. The highest BCUT2D eigenvalue weighted by atomic mass is 16.5. The van der Waals surface area contributed by atoms with Crippen molar-refractivity contribution in [3.05, 3.63) is 72.2 Å². The molecule has 2 N–H and O–H groups in total. The number of fused-ring (bicyclic) bond motifs is 2. The first-order valence-corrected chi connectivity index (χ1v) is 9.35. The Morgan fingerprint density at radius 2 is 1.86 bits per heavy atom. The van der Waals surface area contributed by atoms with Crippen molar-refractivity contribution in [2.75, 3.05) is 18.6 Å². The van der Waals surface area contributed by atoms with Crippen LogP contribution in [0.2, 0.25) is 0 Å². The molecule has 1 aliphatic rings. The third-order valence-electron chi connectivity index (χ3n) is 5.47. The molecule has 0 unspecified atom stereocenters. The summed E-state index contributed by atoms with van der Waals surface area (Å²) in [7, 11) is 3.51. The number of imidazole rings is 1. The lowest BCUT2D eigenvalue weighted by molar-refractivity contribution is 0.411. The fraction of sp³-hybridized carbons (Fsp3) is 0.130. The highest BCUT2D eigenvalue weighted by Crippen LogP contribution is 2.35. The summed E-state index contributed by atoms with van der Waals surface area (Å²) in [6.07, 6.45) is 0. The third kappa shape index (κ3) is 2.56. The minimum absolute atomic E-state index is 0.147. The van der Waals surface area contributed by atoms with Crippen molar-refractivity contribution in [2.45, 2.75) is 0 Å². The molecule has 0 fully saturated rings. The second-order valence-electron chi connectivity index (χ2n) is 7.10. The van der Waals surface area contributed by atoms with E-state index in [2.05, 4.69) is 0 Å². The smallest absolute Gasteiger partial charge is 0.148 e. The molecule has 3 aromatic carbocycles. The number of aliphatic hydroxyl groups is 1. The van der Waals surface area contributed by atoms with Gasteiger partial charge < -0.3 is 19.3 Å². The molecule has 0 amide bonds. The molecule has 0 aliphatic carbocycles. The monoisotopic (exact) mass is 384 g/mol. The first-order chi connectivity index (χ1) is 14.1. The number of ether oxygens (including phenoxy) is 1. The quantitative estimate of drug-likeness (QED) is 0.545. The van der Waals surface area contributed by atoms with Gasteiger partial charge in [0, 0.05) is 18.5 Å². The van der Waals surface area contributed by atoms with Crippen molar-refractivity contribution in [1.29, 1.82) is 5.41 Å². The van der Waals surface area contributed by atoms with Crippen LogP contribution in [-0.4, -0.2) is 34.1 Å². The average molecular weight is 384 g/mol. The summed E-state index contributed by atoms with van der Waals surface area (Å²) in [5.41, 5.74) is 3.03. The highest BCUT2D eigenvalue weighted by Gasteiger charge is 2.33.